The minimum Gasteiger partial charge on any atom is -0.325 e. The van der Waals surface area contributed by atoms with Gasteiger partial charge < -0.3 is 10.2 Å². The fraction of sp³-hybridized carbons (Fsp3) is 0.417. The van der Waals surface area contributed by atoms with Crippen molar-refractivity contribution in [2.24, 2.45) is 5.92 Å². The van der Waals surface area contributed by atoms with Gasteiger partial charge in [0, 0.05) is 30.4 Å². The molecule has 1 atom stereocenters. The van der Waals surface area contributed by atoms with Gasteiger partial charge in [-0.15, -0.1) is 0 Å². The summed E-state index contributed by atoms with van der Waals surface area (Å²) < 4.78 is 27.3. The lowest BCUT2D eigenvalue weighted by Gasteiger charge is -2.23. The van der Waals surface area contributed by atoms with Crippen molar-refractivity contribution >= 4 is 33.2 Å². The van der Waals surface area contributed by atoms with Crippen LogP contribution in [0.5, 0.6) is 0 Å². The second-order valence-corrected chi connectivity index (χ2v) is 11.0. The summed E-state index contributed by atoms with van der Waals surface area (Å²) in [6.07, 6.45) is 2.48. The van der Waals surface area contributed by atoms with E-state index in [1.807, 2.05) is 43.9 Å². The van der Waals surface area contributed by atoms with Gasteiger partial charge in [-0.2, -0.15) is 4.31 Å². The summed E-state index contributed by atoms with van der Waals surface area (Å²) in [6, 6.07) is 10.6. The van der Waals surface area contributed by atoms with E-state index in [1.165, 1.54) is 13.1 Å². The number of fused-ring (bicyclic) bond motifs is 1. The second kappa shape index (κ2) is 8.33. The predicted octanol–water partition coefficient (Wildman–Crippen LogP) is 3.25. The van der Waals surface area contributed by atoms with E-state index in [-0.39, 0.29) is 29.3 Å². The Balaban J connectivity index is 1.49. The molecule has 1 N–H and O–H groups in total. The number of nitrogens with one attached hydrogen (secondary N) is 1. The molecule has 0 radical (unpaired) electrons. The molecule has 1 unspecified atom stereocenters. The molecule has 32 heavy (non-hydrogen) atoms. The lowest BCUT2D eigenvalue weighted by molar-refractivity contribution is -0.120. The van der Waals surface area contributed by atoms with Crippen molar-refractivity contribution in [1.29, 1.82) is 0 Å². The molecule has 7 nitrogen and oxygen atoms in total. The zero-order chi connectivity index (χ0) is 23.2. The summed E-state index contributed by atoms with van der Waals surface area (Å²) in [5.74, 6) is -0.165. The topological polar surface area (TPSA) is 86.8 Å². The lowest BCUT2D eigenvalue weighted by Crippen LogP contribution is -2.36. The van der Waals surface area contributed by atoms with Crippen molar-refractivity contribution in [1.82, 2.24) is 4.31 Å². The molecule has 1 fully saturated rings. The third kappa shape index (κ3) is 4.29. The van der Waals surface area contributed by atoms with Gasteiger partial charge in [0.2, 0.25) is 21.8 Å². The zero-order valence-electron chi connectivity index (χ0n) is 18.9. The molecular weight excluding hydrogens is 426 g/mol. The summed E-state index contributed by atoms with van der Waals surface area (Å²) in [5.41, 5.74) is 4.23. The van der Waals surface area contributed by atoms with E-state index < -0.39 is 15.9 Å². The summed E-state index contributed by atoms with van der Waals surface area (Å²) >= 11 is 0. The Kier molecular flexibility index (Phi) is 5.85. The molecule has 1 aliphatic heterocycles. The number of aryl methyl sites for hydroxylation is 2. The van der Waals surface area contributed by atoms with Crippen molar-refractivity contribution in [3.8, 4) is 0 Å². The maximum atomic E-state index is 13.1. The standard InChI is InChI=1S/C24H29N3O4S/c1-15-5-6-16(2)21(11-15)25-23(28)14-26(4)32(30,31)20-9-10-22-19(13-20)12-17(3)27(22)24(29)18-7-8-18/h5-6,9-11,13,17-18H,7-8,12,14H2,1-4H3,(H,25,28). The number of sulfonamides is 1. The van der Waals surface area contributed by atoms with E-state index in [0.29, 0.717) is 12.1 Å². The monoisotopic (exact) mass is 455 g/mol. The molecular formula is C24H29N3O4S. The van der Waals surface area contributed by atoms with Gasteiger partial charge in [0.15, 0.2) is 0 Å². The Morgan fingerprint density at radius 3 is 2.53 bits per heavy atom. The molecule has 0 saturated heterocycles. The van der Waals surface area contributed by atoms with Crippen LogP contribution in [0.2, 0.25) is 0 Å². The fourth-order valence-electron chi connectivity index (χ4n) is 4.16. The number of nitrogens with zero attached hydrogens (tertiary/aromatic N) is 2. The maximum absolute atomic E-state index is 13.1. The molecule has 1 heterocycles. The van der Waals surface area contributed by atoms with Crippen molar-refractivity contribution < 1.29 is 18.0 Å². The third-order valence-electron chi connectivity index (χ3n) is 6.17. The molecule has 2 aliphatic rings. The van der Waals surface area contributed by atoms with Gasteiger partial charge in [-0.25, -0.2) is 8.42 Å². The predicted molar refractivity (Wildman–Crippen MR) is 124 cm³/mol. The number of anilines is 2. The van der Waals surface area contributed by atoms with Gasteiger partial charge >= 0.3 is 0 Å². The van der Waals surface area contributed by atoms with Crippen molar-refractivity contribution in [2.45, 2.75) is 51.0 Å². The number of amides is 2. The molecule has 2 aromatic rings. The molecule has 1 saturated carbocycles. The molecule has 2 aromatic carbocycles. The first-order valence-corrected chi connectivity index (χ1v) is 12.3. The number of hydrogen-bond acceptors (Lipinski definition) is 4. The maximum Gasteiger partial charge on any atom is 0.243 e. The molecule has 2 amide bonds. The van der Waals surface area contributed by atoms with Crippen LogP contribution in [0.15, 0.2) is 41.3 Å². The lowest BCUT2D eigenvalue weighted by atomic mass is 10.1. The van der Waals surface area contributed by atoms with E-state index in [0.717, 1.165) is 39.5 Å². The Morgan fingerprint density at radius 2 is 1.84 bits per heavy atom. The van der Waals surface area contributed by atoms with Gasteiger partial charge in [-0.05, 0) is 81.0 Å². The molecule has 0 aromatic heterocycles. The smallest absolute Gasteiger partial charge is 0.243 e. The van der Waals surface area contributed by atoms with E-state index in [1.54, 1.807) is 12.1 Å². The highest BCUT2D eigenvalue weighted by molar-refractivity contribution is 7.89. The van der Waals surface area contributed by atoms with Gasteiger partial charge in [-0.3, -0.25) is 9.59 Å². The van der Waals surface area contributed by atoms with E-state index in [9.17, 15) is 18.0 Å². The van der Waals surface area contributed by atoms with Crippen LogP contribution in [-0.2, 0) is 26.0 Å². The number of benzene rings is 2. The van der Waals surface area contributed by atoms with Crippen LogP contribution in [0.1, 0.15) is 36.5 Å². The molecule has 4 rings (SSSR count). The fourth-order valence-corrected chi connectivity index (χ4v) is 5.34. The summed E-state index contributed by atoms with van der Waals surface area (Å²) in [4.78, 5) is 27.1. The minimum absolute atomic E-state index is 0.0112. The number of hydrogen-bond donors (Lipinski definition) is 1. The minimum atomic E-state index is -3.86. The Labute approximate surface area is 189 Å². The van der Waals surface area contributed by atoms with E-state index in [2.05, 4.69) is 5.32 Å². The highest BCUT2D eigenvalue weighted by Crippen LogP contribution is 2.39. The molecule has 0 spiro atoms. The first kappa shape index (κ1) is 22.5. The average Bonchev–Trinajstić information content (AvgIpc) is 3.52. The normalized spacial score (nSPS) is 18.0. The van der Waals surface area contributed by atoms with Gasteiger partial charge in [0.25, 0.3) is 0 Å². The van der Waals surface area contributed by atoms with Gasteiger partial charge in [0.1, 0.15) is 0 Å². The van der Waals surface area contributed by atoms with Crippen LogP contribution in [0.3, 0.4) is 0 Å². The highest BCUT2D eigenvalue weighted by Gasteiger charge is 2.40. The summed E-state index contributed by atoms with van der Waals surface area (Å²) in [6.45, 7) is 5.51. The second-order valence-electron chi connectivity index (χ2n) is 8.95. The number of likely N-dealkylation sites (N-methyl/N-ethyl adjacent to an activating group) is 1. The number of rotatable bonds is 6. The largest absolute Gasteiger partial charge is 0.325 e. The highest BCUT2D eigenvalue weighted by atomic mass is 32.2. The number of carbonyl (C=O) groups is 2. The Morgan fingerprint density at radius 1 is 1.12 bits per heavy atom. The molecule has 8 heteroatoms. The van der Waals surface area contributed by atoms with Crippen LogP contribution in [-0.4, -0.2) is 44.2 Å². The first-order valence-electron chi connectivity index (χ1n) is 10.9. The summed E-state index contributed by atoms with van der Waals surface area (Å²) in [5, 5.41) is 2.80. The van der Waals surface area contributed by atoms with Crippen molar-refractivity contribution in [2.75, 3.05) is 23.8 Å². The van der Waals surface area contributed by atoms with Crippen LogP contribution in [0, 0.1) is 19.8 Å². The van der Waals surface area contributed by atoms with Gasteiger partial charge in [-0.1, -0.05) is 12.1 Å². The zero-order valence-corrected chi connectivity index (χ0v) is 19.7. The molecule has 170 valence electrons. The quantitative estimate of drug-likeness (QED) is 0.724. The molecule has 1 aliphatic carbocycles. The average molecular weight is 456 g/mol. The van der Waals surface area contributed by atoms with Crippen LogP contribution in [0.25, 0.3) is 0 Å². The van der Waals surface area contributed by atoms with Crippen molar-refractivity contribution in [3.63, 3.8) is 0 Å². The number of carbonyl (C=O) groups excluding carboxylic acids is 2. The SMILES string of the molecule is Cc1ccc(C)c(NC(=O)CN(C)S(=O)(=O)c2ccc3c(c2)CC(C)N3C(=O)C2CC2)c1. The van der Waals surface area contributed by atoms with E-state index >= 15 is 0 Å². The van der Waals surface area contributed by atoms with Crippen LogP contribution >= 0.6 is 0 Å². The third-order valence-corrected chi connectivity index (χ3v) is 7.97. The summed E-state index contributed by atoms with van der Waals surface area (Å²) in [7, 11) is -2.46. The van der Waals surface area contributed by atoms with E-state index in [4.69, 9.17) is 0 Å². The van der Waals surface area contributed by atoms with Crippen LogP contribution in [0.4, 0.5) is 11.4 Å². The first-order chi connectivity index (χ1) is 15.1. The molecule has 0 bridgehead atoms. The van der Waals surface area contributed by atoms with Gasteiger partial charge in [0.05, 0.1) is 11.4 Å². The Bertz CT molecular complexity index is 1190. The van der Waals surface area contributed by atoms with Crippen LogP contribution < -0.4 is 10.2 Å². The Hall–Kier alpha value is -2.71. The van der Waals surface area contributed by atoms with Crippen molar-refractivity contribution in [3.05, 3.63) is 53.1 Å².